The molecule has 0 saturated carbocycles. The van der Waals surface area contributed by atoms with E-state index in [1.54, 1.807) is 57.6 Å². The summed E-state index contributed by atoms with van der Waals surface area (Å²) in [6.45, 7) is 4.53. The molecule has 0 aliphatic heterocycles. The molecule has 0 spiro atoms. The number of halogens is 2. The molecular formula is C25H32BrFN8O4. The van der Waals surface area contributed by atoms with Gasteiger partial charge in [-0.2, -0.15) is 0 Å². The molecule has 4 rings (SSSR count). The third-order valence-corrected chi connectivity index (χ3v) is 5.37. The molecular weight excluding hydrogens is 575 g/mol. The number of alkyl halides is 1. The standard InChI is InChI=1S/C12H14N4O2.C11H10BrN3O2.CH3F.CH5N/c1-3-14-12(18)9-10(17)8-7(5-4-6-15-8)11(13-2)16-9;1-2-13-11(17)8-9(16)7-6(10(12)15-8)4-3-5-14-7;2*1-2/h4-6,17H,3H2,1-2H3,(H,13,16)(H,14,18);3-5,16H,2H2,1H3,(H,13,17);1H3;2H2,1H3/i;;1D;. The molecule has 14 heteroatoms. The van der Waals surface area contributed by atoms with Gasteiger partial charge in [-0.15, -0.1) is 0 Å². The highest BCUT2D eigenvalue weighted by molar-refractivity contribution is 9.10. The van der Waals surface area contributed by atoms with E-state index < -0.39 is 19.0 Å². The van der Waals surface area contributed by atoms with Crippen LogP contribution in [0.4, 0.5) is 10.2 Å². The van der Waals surface area contributed by atoms with Gasteiger partial charge in [0.15, 0.2) is 22.9 Å². The summed E-state index contributed by atoms with van der Waals surface area (Å²) in [7, 11) is 2.20. The molecule has 4 aromatic rings. The molecule has 4 heterocycles. The van der Waals surface area contributed by atoms with E-state index in [-0.39, 0.29) is 22.9 Å². The topological polar surface area (TPSA) is 188 Å². The van der Waals surface area contributed by atoms with Crippen LogP contribution in [0, 0.1) is 0 Å². The molecule has 7 N–H and O–H groups in total. The maximum Gasteiger partial charge on any atom is 0.273 e. The lowest BCUT2D eigenvalue weighted by atomic mass is 10.2. The number of nitrogens with one attached hydrogen (secondary N) is 3. The first-order valence-electron chi connectivity index (χ1n) is 12.2. The van der Waals surface area contributed by atoms with Gasteiger partial charge in [-0.3, -0.25) is 23.9 Å². The first kappa shape index (κ1) is 31.1. The molecule has 2 amide bonds. The molecule has 4 aromatic heterocycles. The van der Waals surface area contributed by atoms with Crippen LogP contribution in [0.2, 0.25) is 0 Å². The molecule has 39 heavy (non-hydrogen) atoms. The van der Waals surface area contributed by atoms with Crippen molar-refractivity contribution in [1.82, 2.24) is 30.6 Å². The quantitative estimate of drug-likeness (QED) is 0.184. The van der Waals surface area contributed by atoms with Crippen molar-refractivity contribution in [3.05, 3.63) is 52.7 Å². The summed E-state index contributed by atoms with van der Waals surface area (Å²) >= 11 is 3.26. The Hall–Kier alpha value is -4.17. The number of nitrogens with two attached hydrogens (primary N) is 1. The van der Waals surface area contributed by atoms with E-state index in [0.29, 0.717) is 45.3 Å². The Kier molecular flexibility index (Phi) is 13.2. The van der Waals surface area contributed by atoms with Crippen molar-refractivity contribution in [3.8, 4) is 11.5 Å². The predicted octanol–water partition coefficient (Wildman–Crippen LogP) is 3.14. The molecule has 0 fully saturated rings. The third-order valence-electron chi connectivity index (χ3n) is 4.77. The lowest BCUT2D eigenvalue weighted by Crippen LogP contribution is -2.24. The van der Waals surface area contributed by atoms with Crippen LogP contribution in [-0.4, -0.2) is 76.3 Å². The smallest absolute Gasteiger partial charge is 0.273 e. The summed E-state index contributed by atoms with van der Waals surface area (Å²) in [5.74, 6) is -0.722. The number of anilines is 1. The Morgan fingerprint density at radius 2 is 1.38 bits per heavy atom. The van der Waals surface area contributed by atoms with Crippen molar-refractivity contribution >= 4 is 55.4 Å². The predicted molar refractivity (Wildman–Crippen MR) is 153 cm³/mol. The number of hydrogen-bond donors (Lipinski definition) is 6. The molecule has 12 nitrogen and oxygen atoms in total. The molecule has 0 aliphatic rings. The van der Waals surface area contributed by atoms with E-state index in [4.69, 9.17) is 1.37 Å². The van der Waals surface area contributed by atoms with Crippen molar-refractivity contribution in [1.29, 1.82) is 0 Å². The van der Waals surface area contributed by atoms with Crippen LogP contribution in [-0.2, 0) is 0 Å². The number of nitrogens with zero attached hydrogens (tertiary/aromatic N) is 4. The van der Waals surface area contributed by atoms with Crippen molar-refractivity contribution in [3.63, 3.8) is 0 Å². The van der Waals surface area contributed by atoms with E-state index in [9.17, 15) is 24.2 Å². The average molecular weight is 608 g/mol. The van der Waals surface area contributed by atoms with Gasteiger partial charge >= 0.3 is 0 Å². The SMILES string of the molecule is CCNC(=O)c1nc(Br)c2cccnc2c1O.CCNC(=O)c1nc(NC)c2cccnc2c1O.CN.[2H]CF. The van der Waals surface area contributed by atoms with Crippen molar-refractivity contribution in [2.24, 2.45) is 5.73 Å². The molecule has 0 bridgehead atoms. The highest BCUT2D eigenvalue weighted by atomic mass is 79.9. The summed E-state index contributed by atoms with van der Waals surface area (Å²) in [5.41, 5.74) is 5.17. The zero-order valence-electron chi connectivity index (χ0n) is 22.9. The van der Waals surface area contributed by atoms with Gasteiger partial charge in [-0.05, 0) is 61.1 Å². The summed E-state index contributed by atoms with van der Waals surface area (Å²) in [6.07, 6.45) is 3.11. The van der Waals surface area contributed by atoms with Crippen molar-refractivity contribution in [2.45, 2.75) is 13.8 Å². The summed E-state index contributed by atoms with van der Waals surface area (Å²) in [5, 5.41) is 29.4. The fourth-order valence-electron chi connectivity index (χ4n) is 3.20. The van der Waals surface area contributed by atoms with Crippen LogP contribution in [0.15, 0.2) is 41.3 Å². The minimum atomic E-state index is -1.00. The number of aromatic hydroxyl groups is 2. The molecule has 210 valence electrons. The number of pyridine rings is 4. The Balaban J connectivity index is 0.000000345. The van der Waals surface area contributed by atoms with Gasteiger partial charge in [0.25, 0.3) is 11.8 Å². The van der Waals surface area contributed by atoms with Gasteiger partial charge in [0.1, 0.15) is 21.5 Å². The van der Waals surface area contributed by atoms with Crippen molar-refractivity contribution < 1.29 is 25.6 Å². The Morgan fingerprint density at radius 1 is 0.949 bits per heavy atom. The summed E-state index contributed by atoms with van der Waals surface area (Å²) < 4.78 is 16.0. The van der Waals surface area contributed by atoms with E-state index in [1.807, 2.05) is 0 Å². The highest BCUT2D eigenvalue weighted by Gasteiger charge is 2.19. The molecule has 0 aromatic carbocycles. The number of hydrogen-bond acceptors (Lipinski definition) is 10. The average Bonchev–Trinajstić information content (AvgIpc) is 2.97. The van der Waals surface area contributed by atoms with Gasteiger partial charge in [0, 0.05) is 43.3 Å². The highest BCUT2D eigenvalue weighted by Crippen LogP contribution is 2.31. The number of aromatic nitrogens is 4. The van der Waals surface area contributed by atoms with Crippen LogP contribution in [0.3, 0.4) is 0 Å². The van der Waals surface area contributed by atoms with Crippen molar-refractivity contribution in [2.75, 3.05) is 39.7 Å². The normalized spacial score (nSPS) is 9.97. The van der Waals surface area contributed by atoms with E-state index in [1.165, 1.54) is 7.05 Å². The second kappa shape index (κ2) is 16.6. The minimum absolute atomic E-state index is 0.0209. The third kappa shape index (κ3) is 7.91. The van der Waals surface area contributed by atoms with Crippen LogP contribution < -0.4 is 21.7 Å². The molecule has 0 aliphatic carbocycles. The van der Waals surface area contributed by atoms with E-state index >= 15 is 0 Å². The van der Waals surface area contributed by atoms with Crippen LogP contribution in [0.5, 0.6) is 11.5 Å². The fourth-order valence-corrected chi connectivity index (χ4v) is 3.70. The first-order chi connectivity index (χ1) is 19.2. The number of carbonyl (C=O) groups is 2. The summed E-state index contributed by atoms with van der Waals surface area (Å²) in [4.78, 5) is 39.8. The second-order valence-corrected chi connectivity index (χ2v) is 7.78. The van der Waals surface area contributed by atoms with Gasteiger partial charge in [-0.1, -0.05) is 0 Å². The monoisotopic (exact) mass is 607 g/mol. The van der Waals surface area contributed by atoms with E-state index in [0.717, 1.165) is 0 Å². The zero-order chi connectivity index (χ0) is 30.2. The molecule has 0 saturated heterocycles. The number of amides is 2. The lowest BCUT2D eigenvalue weighted by Gasteiger charge is -2.10. The van der Waals surface area contributed by atoms with Crippen LogP contribution in [0.1, 0.15) is 36.2 Å². The first-order valence-corrected chi connectivity index (χ1v) is 12.3. The van der Waals surface area contributed by atoms with Gasteiger partial charge < -0.3 is 31.9 Å². The van der Waals surface area contributed by atoms with Gasteiger partial charge in [0.2, 0.25) is 0 Å². The largest absolute Gasteiger partial charge is 0.504 e. The Morgan fingerprint density at radius 3 is 1.85 bits per heavy atom. The van der Waals surface area contributed by atoms with Gasteiger partial charge in [-0.25, -0.2) is 9.97 Å². The second-order valence-electron chi connectivity index (χ2n) is 7.03. The van der Waals surface area contributed by atoms with E-state index in [2.05, 4.69) is 57.5 Å². The molecule has 0 radical (unpaired) electrons. The van der Waals surface area contributed by atoms with Crippen LogP contribution >= 0.6 is 15.9 Å². The Bertz CT molecular complexity index is 1430. The minimum Gasteiger partial charge on any atom is -0.504 e. The molecule has 0 unspecified atom stereocenters. The fraction of sp³-hybridized carbons (Fsp3) is 0.280. The van der Waals surface area contributed by atoms with Crippen LogP contribution in [0.25, 0.3) is 21.8 Å². The maximum absolute atomic E-state index is 11.8. The maximum atomic E-state index is 11.8. The van der Waals surface area contributed by atoms with Gasteiger partial charge in [0.05, 0.1) is 8.52 Å². The lowest BCUT2D eigenvalue weighted by molar-refractivity contribution is 0.0939. The number of fused-ring (bicyclic) bond motifs is 2. The number of carbonyl (C=O) groups excluding carboxylic acids is 2. The molecule has 0 atom stereocenters. The Labute approximate surface area is 234 Å². The number of rotatable bonds is 5. The summed E-state index contributed by atoms with van der Waals surface area (Å²) in [6, 6.07) is 7.03. The zero-order valence-corrected chi connectivity index (χ0v) is 23.5.